The van der Waals surface area contributed by atoms with Gasteiger partial charge in [-0.05, 0) is 64.2 Å². The van der Waals surface area contributed by atoms with E-state index in [1.807, 2.05) is 0 Å². The van der Waals surface area contributed by atoms with Crippen LogP contribution in [0.15, 0.2) is 72.9 Å². The number of aliphatic hydroxyl groups is 2. The second-order valence-corrected chi connectivity index (χ2v) is 16.2. The van der Waals surface area contributed by atoms with Gasteiger partial charge in [0.1, 0.15) is 0 Å². The number of hydrogen-bond acceptors (Lipinski definition) is 3. The molecule has 3 N–H and O–H groups in total. The summed E-state index contributed by atoms with van der Waals surface area (Å²) < 4.78 is 0. The van der Waals surface area contributed by atoms with Gasteiger partial charge in [0.2, 0.25) is 5.91 Å². The molecule has 0 saturated heterocycles. The maximum atomic E-state index is 12.4. The van der Waals surface area contributed by atoms with Crippen molar-refractivity contribution < 1.29 is 15.0 Å². The Morgan fingerprint density at radius 1 is 0.446 bits per heavy atom. The van der Waals surface area contributed by atoms with E-state index in [9.17, 15) is 15.0 Å². The highest BCUT2D eigenvalue weighted by atomic mass is 16.3. The zero-order valence-electron chi connectivity index (χ0n) is 37.1. The van der Waals surface area contributed by atoms with E-state index in [-0.39, 0.29) is 12.5 Å². The minimum Gasteiger partial charge on any atom is -0.394 e. The number of nitrogens with one attached hydrogen (secondary N) is 1. The van der Waals surface area contributed by atoms with Gasteiger partial charge in [0.15, 0.2) is 0 Å². The Morgan fingerprint density at radius 2 is 0.786 bits per heavy atom. The quantitative estimate of drug-likeness (QED) is 0.0426. The second-order valence-electron chi connectivity index (χ2n) is 16.2. The summed E-state index contributed by atoms with van der Waals surface area (Å²) >= 11 is 0. The van der Waals surface area contributed by atoms with Crippen molar-refractivity contribution in [1.82, 2.24) is 5.32 Å². The topological polar surface area (TPSA) is 69.6 Å². The highest BCUT2D eigenvalue weighted by Crippen LogP contribution is 2.16. The van der Waals surface area contributed by atoms with Crippen molar-refractivity contribution >= 4 is 5.91 Å². The molecule has 2 atom stereocenters. The lowest BCUT2D eigenvalue weighted by molar-refractivity contribution is -0.123. The van der Waals surface area contributed by atoms with Crippen LogP contribution in [0.3, 0.4) is 0 Å². The average molecular weight is 780 g/mol. The van der Waals surface area contributed by atoms with E-state index in [0.717, 1.165) is 77.0 Å². The van der Waals surface area contributed by atoms with Crippen LogP contribution in [0.4, 0.5) is 0 Å². The first-order valence-corrected chi connectivity index (χ1v) is 24.1. The number of allylic oxidation sites excluding steroid dienone is 12. The van der Waals surface area contributed by atoms with Crippen LogP contribution in [0.5, 0.6) is 0 Å². The van der Waals surface area contributed by atoms with Crippen LogP contribution in [0.1, 0.15) is 232 Å². The number of amides is 1. The fourth-order valence-electron chi connectivity index (χ4n) is 7.07. The molecule has 0 aromatic heterocycles. The number of hydrogen-bond donors (Lipinski definition) is 3. The monoisotopic (exact) mass is 780 g/mol. The van der Waals surface area contributed by atoms with E-state index in [2.05, 4.69) is 92.1 Å². The van der Waals surface area contributed by atoms with Crippen molar-refractivity contribution in [2.24, 2.45) is 0 Å². The average Bonchev–Trinajstić information content (AvgIpc) is 3.20. The van der Waals surface area contributed by atoms with Crippen molar-refractivity contribution in [3.05, 3.63) is 72.9 Å². The van der Waals surface area contributed by atoms with Gasteiger partial charge in [0.05, 0.1) is 18.8 Å². The van der Waals surface area contributed by atoms with Gasteiger partial charge < -0.3 is 15.5 Å². The Balaban J connectivity index is 3.59. The molecule has 0 aromatic carbocycles. The van der Waals surface area contributed by atoms with Gasteiger partial charge in [-0.3, -0.25) is 4.79 Å². The molecular formula is C52H93NO3. The summed E-state index contributed by atoms with van der Waals surface area (Å²) in [5.74, 6) is -0.0473. The van der Waals surface area contributed by atoms with Crippen molar-refractivity contribution in [1.29, 1.82) is 0 Å². The molecule has 2 unspecified atom stereocenters. The van der Waals surface area contributed by atoms with Gasteiger partial charge in [-0.1, -0.05) is 234 Å². The van der Waals surface area contributed by atoms with Gasteiger partial charge in [-0.2, -0.15) is 0 Å². The molecule has 0 bridgehead atoms. The third kappa shape index (κ3) is 43.0. The van der Waals surface area contributed by atoms with E-state index >= 15 is 0 Å². The van der Waals surface area contributed by atoms with Crippen molar-refractivity contribution in [3.8, 4) is 0 Å². The molecule has 4 heteroatoms. The number of rotatable bonds is 43. The molecular weight excluding hydrogens is 687 g/mol. The molecule has 0 aliphatic carbocycles. The Kier molecular flexibility index (Phi) is 45.4. The van der Waals surface area contributed by atoms with Crippen LogP contribution in [0.2, 0.25) is 0 Å². The number of unbranched alkanes of at least 4 members (excludes halogenated alkanes) is 24. The zero-order valence-corrected chi connectivity index (χ0v) is 37.1. The summed E-state index contributed by atoms with van der Waals surface area (Å²) in [5, 5.41) is 23.2. The Morgan fingerprint density at radius 3 is 1.18 bits per heavy atom. The van der Waals surface area contributed by atoms with E-state index in [1.165, 1.54) is 128 Å². The molecule has 0 fully saturated rings. The van der Waals surface area contributed by atoms with E-state index in [1.54, 1.807) is 0 Å². The highest BCUT2D eigenvalue weighted by molar-refractivity contribution is 5.76. The van der Waals surface area contributed by atoms with Crippen LogP contribution < -0.4 is 5.32 Å². The number of carbonyl (C=O) groups excluding carboxylic acids is 1. The SMILES string of the molecule is CC/C=C\C/C=C\C/C=C\C/C=C\C/C=C\C/C=C\CCCCCCCCC(=O)NC(CO)C(O)CCCCCCCCCCCCCCCCCCCCC. The van der Waals surface area contributed by atoms with Crippen molar-refractivity contribution in [2.45, 2.75) is 244 Å². The molecule has 0 rings (SSSR count). The summed E-state index contributed by atoms with van der Waals surface area (Å²) in [6.07, 6.45) is 67.0. The Hall–Kier alpha value is -2.17. The lowest BCUT2D eigenvalue weighted by atomic mass is 10.0. The predicted molar refractivity (Wildman–Crippen MR) is 248 cm³/mol. The largest absolute Gasteiger partial charge is 0.394 e. The van der Waals surface area contributed by atoms with Gasteiger partial charge in [0.25, 0.3) is 0 Å². The first-order valence-electron chi connectivity index (χ1n) is 24.1. The smallest absolute Gasteiger partial charge is 0.220 e. The molecule has 4 nitrogen and oxygen atoms in total. The molecule has 1 amide bonds. The molecule has 0 spiro atoms. The molecule has 0 aromatic rings. The van der Waals surface area contributed by atoms with Crippen molar-refractivity contribution in [3.63, 3.8) is 0 Å². The molecule has 0 saturated carbocycles. The van der Waals surface area contributed by atoms with Crippen molar-refractivity contribution in [2.75, 3.05) is 6.61 Å². The maximum Gasteiger partial charge on any atom is 0.220 e. The summed E-state index contributed by atoms with van der Waals surface area (Å²) in [5.41, 5.74) is 0. The molecule has 0 aliphatic heterocycles. The molecule has 0 aliphatic rings. The van der Waals surface area contributed by atoms with Crippen LogP contribution in [0, 0.1) is 0 Å². The fraction of sp³-hybridized carbons (Fsp3) is 0.750. The molecule has 0 radical (unpaired) electrons. The lowest BCUT2D eigenvalue weighted by Gasteiger charge is -2.22. The van der Waals surface area contributed by atoms with E-state index < -0.39 is 12.1 Å². The Labute approximate surface area is 349 Å². The van der Waals surface area contributed by atoms with Crippen LogP contribution in [-0.2, 0) is 4.79 Å². The van der Waals surface area contributed by atoms with E-state index in [4.69, 9.17) is 0 Å². The summed E-state index contributed by atoms with van der Waals surface area (Å²) in [4.78, 5) is 12.4. The fourth-order valence-corrected chi connectivity index (χ4v) is 7.07. The number of carbonyl (C=O) groups is 1. The van der Waals surface area contributed by atoms with Gasteiger partial charge in [-0.25, -0.2) is 0 Å². The first-order chi connectivity index (χ1) is 27.7. The van der Waals surface area contributed by atoms with Crippen LogP contribution in [-0.4, -0.2) is 34.9 Å². The summed E-state index contributed by atoms with van der Waals surface area (Å²) in [6, 6.07) is -0.549. The molecule has 324 valence electrons. The summed E-state index contributed by atoms with van der Waals surface area (Å²) in [7, 11) is 0. The predicted octanol–water partition coefficient (Wildman–Crippen LogP) is 15.5. The lowest BCUT2D eigenvalue weighted by Crippen LogP contribution is -2.45. The minimum absolute atomic E-state index is 0.0473. The normalized spacial score (nSPS) is 13.6. The molecule has 56 heavy (non-hydrogen) atoms. The minimum atomic E-state index is -0.670. The third-order valence-corrected chi connectivity index (χ3v) is 10.7. The van der Waals surface area contributed by atoms with Gasteiger partial charge in [-0.15, -0.1) is 0 Å². The first kappa shape index (κ1) is 53.8. The van der Waals surface area contributed by atoms with Gasteiger partial charge >= 0.3 is 0 Å². The Bertz CT molecular complexity index is 977. The number of aliphatic hydroxyl groups excluding tert-OH is 2. The zero-order chi connectivity index (χ0) is 40.7. The van der Waals surface area contributed by atoms with Gasteiger partial charge in [0, 0.05) is 6.42 Å². The second kappa shape index (κ2) is 47.2. The maximum absolute atomic E-state index is 12.4. The third-order valence-electron chi connectivity index (χ3n) is 10.7. The molecule has 0 heterocycles. The standard InChI is InChI=1S/C52H93NO3/c1-3-5-7-9-11-13-15-17-19-21-23-24-25-26-27-28-30-32-34-36-38-40-42-44-46-48-52(56)53-50(49-54)51(55)47-45-43-41-39-37-35-33-31-29-22-20-18-16-14-12-10-8-6-4-2/h5,7,11,13,17,19,23-24,26-27,30,32,50-51,54-55H,3-4,6,8-10,12,14-16,18,20-22,25,28-29,31,33-49H2,1-2H3,(H,53,56)/b7-5-,13-11-,19-17-,24-23-,27-26-,32-30-. The summed E-state index contributed by atoms with van der Waals surface area (Å²) in [6.45, 7) is 4.24. The van der Waals surface area contributed by atoms with Crippen LogP contribution >= 0.6 is 0 Å². The van der Waals surface area contributed by atoms with E-state index in [0.29, 0.717) is 12.8 Å². The highest BCUT2D eigenvalue weighted by Gasteiger charge is 2.20. The van der Waals surface area contributed by atoms with Crippen LogP contribution in [0.25, 0.3) is 0 Å².